The van der Waals surface area contributed by atoms with Crippen LogP contribution >= 0.6 is 0 Å². The van der Waals surface area contributed by atoms with E-state index in [1.807, 2.05) is 7.05 Å². The molecule has 1 unspecified atom stereocenters. The number of rotatable bonds is 21. The molecule has 0 aliphatic rings. The molecular formula is C23H53NO5Si2. The van der Waals surface area contributed by atoms with Gasteiger partial charge in [0, 0.05) is 38.2 Å². The quantitative estimate of drug-likeness (QED) is 0.170. The van der Waals surface area contributed by atoms with E-state index in [0.717, 1.165) is 76.7 Å². The average molecular weight is 480 g/mol. The van der Waals surface area contributed by atoms with Gasteiger partial charge in [-0.15, -0.1) is 0 Å². The first-order chi connectivity index (χ1) is 14.4. The molecular weight excluding hydrogens is 426 g/mol. The Balaban J connectivity index is 4.09. The van der Waals surface area contributed by atoms with Crippen LogP contribution in [0.25, 0.3) is 0 Å². The summed E-state index contributed by atoms with van der Waals surface area (Å²) in [6, 6.07) is 1.07. The lowest BCUT2D eigenvalue weighted by Crippen LogP contribution is -2.49. The maximum Gasteiger partial charge on any atom is 0.212 e. The zero-order valence-electron chi connectivity index (χ0n) is 21.6. The molecule has 31 heavy (non-hydrogen) atoms. The summed E-state index contributed by atoms with van der Waals surface area (Å²) in [5.41, 5.74) is -0.154. The van der Waals surface area contributed by atoms with Crippen LogP contribution in [0, 0.1) is 0 Å². The van der Waals surface area contributed by atoms with Crippen molar-refractivity contribution in [3.8, 4) is 0 Å². The molecule has 0 aromatic heterocycles. The highest BCUT2D eigenvalue weighted by Gasteiger charge is 2.37. The SMILES string of the molecule is CNCC(O)CCCCCOC[Si](C)(C)CC(C)(C)O[Si](C)(C)COCCCCCO. The van der Waals surface area contributed by atoms with Gasteiger partial charge in [-0.3, -0.25) is 0 Å². The van der Waals surface area contributed by atoms with Crippen molar-refractivity contribution in [3.05, 3.63) is 0 Å². The highest BCUT2D eigenvalue weighted by Crippen LogP contribution is 2.28. The van der Waals surface area contributed by atoms with Crippen LogP contribution in [0.2, 0.25) is 32.2 Å². The normalized spacial score (nSPS) is 14.2. The maximum absolute atomic E-state index is 9.73. The Kier molecular flexibility index (Phi) is 16.9. The summed E-state index contributed by atoms with van der Waals surface area (Å²) in [7, 11) is -1.55. The van der Waals surface area contributed by atoms with E-state index in [1.165, 1.54) is 0 Å². The maximum atomic E-state index is 9.73. The van der Waals surface area contributed by atoms with Crippen LogP contribution in [-0.4, -0.2) is 84.2 Å². The molecule has 0 aliphatic heterocycles. The van der Waals surface area contributed by atoms with Crippen LogP contribution in [0.5, 0.6) is 0 Å². The molecule has 0 rings (SSSR count). The van der Waals surface area contributed by atoms with Crippen molar-refractivity contribution < 1.29 is 24.1 Å². The molecule has 6 nitrogen and oxygen atoms in total. The second-order valence-electron chi connectivity index (χ2n) is 10.9. The number of unbranched alkanes of at least 4 members (excludes halogenated alkanes) is 4. The zero-order chi connectivity index (χ0) is 23.8. The Morgan fingerprint density at radius 1 is 0.871 bits per heavy atom. The van der Waals surface area contributed by atoms with Crippen molar-refractivity contribution in [1.82, 2.24) is 5.32 Å². The lowest BCUT2D eigenvalue weighted by Gasteiger charge is -2.39. The topological polar surface area (TPSA) is 80.2 Å². The number of nitrogens with one attached hydrogen (secondary N) is 1. The van der Waals surface area contributed by atoms with Gasteiger partial charge in [-0.25, -0.2) is 0 Å². The Morgan fingerprint density at radius 2 is 1.45 bits per heavy atom. The average Bonchev–Trinajstić information content (AvgIpc) is 2.62. The molecule has 1 atom stereocenters. The van der Waals surface area contributed by atoms with E-state index >= 15 is 0 Å². The standard InChI is InChI=1S/C23H53NO5Si2/c1-23(2,29-31(6,7)21-28-17-13-9-11-15-25)19-30(4,5)20-27-16-12-8-10-14-22(26)18-24-3/h22,24-26H,8-21H2,1-7H3. The van der Waals surface area contributed by atoms with Gasteiger partial charge < -0.3 is 29.4 Å². The minimum absolute atomic E-state index is 0.154. The van der Waals surface area contributed by atoms with Gasteiger partial charge in [0.2, 0.25) is 8.32 Å². The van der Waals surface area contributed by atoms with E-state index in [9.17, 15) is 5.11 Å². The smallest absolute Gasteiger partial charge is 0.212 e. The summed E-state index contributed by atoms with van der Waals surface area (Å²) < 4.78 is 18.5. The molecule has 0 heterocycles. The number of hydrogen-bond acceptors (Lipinski definition) is 6. The van der Waals surface area contributed by atoms with Gasteiger partial charge in [0.15, 0.2) is 0 Å². The zero-order valence-corrected chi connectivity index (χ0v) is 23.6. The first-order valence-corrected chi connectivity index (χ1v) is 18.8. The third kappa shape index (κ3) is 19.4. The van der Waals surface area contributed by atoms with Crippen LogP contribution < -0.4 is 5.32 Å². The van der Waals surface area contributed by atoms with Crippen molar-refractivity contribution >= 4 is 16.4 Å². The van der Waals surface area contributed by atoms with E-state index in [1.54, 1.807) is 0 Å². The molecule has 0 bridgehead atoms. The van der Waals surface area contributed by atoms with Crippen molar-refractivity contribution in [1.29, 1.82) is 0 Å². The van der Waals surface area contributed by atoms with E-state index in [0.29, 0.717) is 6.54 Å². The Hall–Kier alpha value is 0.194. The first-order valence-electron chi connectivity index (χ1n) is 12.2. The highest BCUT2D eigenvalue weighted by molar-refractivity contribution is 6.77. The van der Waals surface area contributed by atoms with Gasteiger partial charge in [-0.2, -0.15) is 0 Å². The molecule has 0 saturated carbocycles. The van der Waals surface area contributed by atoms with Gasteiger partial charge in [0.25, 0.3) is 0 Å². The number of hydrogen-bond donors (Lipinski definition) is 3. The van der Waals surface area contributed by atoms with Crippen molar-refractivity contribution in [2.45, 2.75) is 103 Å². The molecule has 0 amide bonds. The molecule has 0 spiro atoms. The lowest BCUT2D eigenvalue weighted by molar-refractivity contribution is 0.0880. The number of aliphatic hydroxyl groups excluding tert-OH is 2. The second-order valence-corrected chi connectivity index (χ2v) is 19.9. The summed E-state index contributed by atoms with van der Waals surface area (Å²) in [5.74, 6) is 0. The third-order valence-corrected chi connectivity index (χ3v) is 9.91. The van der Waals surface area contributed by atoms with Crippen LogP contribution in [-0.2, 0) is 13.9 Å². The summed E-state index contributed by atoms with van der Waals surface area (Å²) in [5, 5.41) is 21.6. The monoisotopic (exact) mass is 479 g/mol. The summed E-state index contributed by atoms with van der Waals surface area (Å²) in [6.07, 6.45) is 8.31. The van der Waals surface area contributed by atoms with Crippen molar-refractivity contribution in [3.63, 3.8) is 0 Å². The van der Waals surface area contributed by atoms with Gasteiger partial charge in [0.1, 0.15) is 0 Å². The summed E-state index contributed by atoms with van der Waals surface area (Å²) in [4.78, 5) is 0. The molecule has 188 valence electrons. The number of likely N-dealkylation sites (N-methyl/N-ethyl adjacent to an activating group) is 1. The van der Waals surface area contributed by atoms with E-state index in [2.05, 4.69) is 45.4 Å². The Labute approximate surface area is 194 Å². The summed E-state index contributed by atoms with van der Waals surface area (Å²) in [6.45, 7) is 16.2. The molecule has 0 aromatic rings. The molecule has 0 aromatic carbocycles. The fourth-order valence-corrected chi connectivity index (χ4v) is 9.86. The van der Waals surface area contributed by atoms with Gasteiger partial charge in [0.05, 0.1) is 20.4 Å². The first kappa shape index (κ1) is 31.2. The largest absolute Gasteiger partial charge is 0.410 e. The van der Waals surface area contributed by atoms with Crippen LogP contribution in [0.3, 0.4) is 0 Å². The van der Waals surface area contributed by atoms with Crippen molar-refractivity contribution in [2.75, 3.05) is 45.9 Å². The molecule has 0 aliphatic carbocycles. The predicted molar refractivity (Wildman–Crippen MR) is 136 cm³/mol. The van der Waals surface area contributed by atoms with E-state index < -0.39 is 16.4 Å². The van der Waals surface area contributed by atoms with Gasteiger partial charge in [-0.1, -0.05) is 25.9 Å². The van der Waals surface area contributed by atoms with Crippen LogP contribution in [0.4, 0.5) is 0 Å². The fourth-order valence-electron chi connectivity index (χ4n) is 4.27. The van der Waals surface area contributed by atoms with Crippen LogP contribution in [0.15, 0.2) is 0 Å². The molecule has 3 N–H and O–H groups in total. The van der Waals surface area contributed by atoms with E-state index in [4.69, 9.17) is 19.0 Å². The summed E-state index contributed by atoms with van der Waals surface area (Å²) >= 11 is 0. The lowest BCUT2D eigenvalue weighted by atomic mass is 10.1. The third-order valence-electron chi connectivity index (χ3n) is 5.11. The van der Waals surface area contributed by atoms with Gasteiger partial charge in [-0.05, 0) is 72.1 Å². The molecule has 0 saturated heterocycles. The van der Waals surface area contributed by atoms with Crippen LogP contribution in [0.1, 0.15) is 58.8 Å². The Bertz CT molecular complexity index is 436. The van der Waals surface area contributed by atoms with Crippen molar-refractivity contribution in [2.24, 2.45) is 0 Å². The number of aliphatic hydroxyl groups is 2. The molecule has 0 fully saturated rings. The minimum atomic E-state index is -1.89. The predicted octanol–water partition coefficient (Wildman–Crippen LogP) is 4.11. The number of ether oxygens (including phenoxy) is 2. The van der Waals surface area contributed by atoms with E-state index in [-0.39, 0.29) is 18.3 Å². The fraction of sp³-hybridized carbons (Fsp3) is 1.00. The highest BCUT2D eigenvalue weighted by atomic mass is 28.4. The molecule has 8 heteroatoms. The Morgan fingerprint density at radius 3 is 2.03 bits per heavy atom. The molecule has 0 radical (unpaired) electrons. The second kappa shape index (κ2) is 16.8. The van der Waals surface area contributed by atoms with Gasteiger partial charge >= 0.3 is 0 Å². The minimum Gasteiger partial charge on any atom is -0.410 e.